The first kappa shape index (κ1) is 17.0. The van der Waals surface area contributed by atoms with Crippen LogP contribution in [0, 0.1) is 0 Å². The lowest BCUT2D eigenvalue weighted by Gasteiger charge is -2.04. The fourth-order valence-electron chi connectivity index (χ4n) is 2.38. The van der Waals surface area contributed by atoms with E-state index in [4.69, 9.17) is 20.9 Å². The first-order chi connectivity index (χ1) is 12.2. The average Bonchev–Trinajstić information content (AvgIpc) is 3.13. The largest absolute Gasteiger partial charge is 0.494 e. The molecule has 0 fully saturated rings. The molecule has 1 heterocycles. The van der Waals surface area contributed by atoms with Gasteiger partial charge in [-0.25, -0.2) is 0 Å². The summed E-state index contributed by atoms with van der Waals surface area (Å²) >= 11 is 5.51. The van der Waals surface area contributed by atoms with Gasteiger partial charge in [0.15, 0.2) is 5.76 Å². The quantitative estimate of drug-likeness (QED) is 0.656. The molecular weight excluding hydrogens is 340 g/mol. The van der Waals surface area contributed by atoms with E-state index in [1.165, 1.54) is 0 Å². The smallest absolute Gasteiger partial charge is 0.239 e. The lowest BCUT2D eigenvalue weighted by atomic mass is 10.1. The molecule has 128 valence electrons. The van der Waals surface area contributed by atoms with Crippen molar-refractivity contribution in [1.82, 2.24) is 5.16 Å². The SMILES string of the molecule is CCOc1ccc(-c2cc(-c3cccc(NC(=O)CCl)c3)on2)cc1. The zero-order valence-electron chi connectivity index (χ0n) is 13.7. The minimum Gasteiger partial charge on any atom is -0.494 e. The van der Waals surface area contributed by atoms with Crippen LogP contribution in [0.2, 0.25) is 0 Å². The lowest BCUT2D eigenvalue weighted by molar-refractivity contribution is -0.113. The van der Waals surface area contributed by atoms with E-state index in [9.17, 15) is 4.79 Å². The Morgan fingerprint density at radius 3 is 2.68 bits per heavy atom. The molecule has 0 spiro atoms. The molecule has 1 amide bonds. The third kappa shape index (κ3) is 4.19. The third-order valence-electron chi connectivity index (χ3n) is 3.52. The average molecular weight is 357 g/mol. The maximum Gasteiger partial charge on any atom is 0.239 e. The predicted octanol–water partition coefficient (Wildman–Crippen LogP) is 4.58. The molecule has 0 atom stereocenters. The molecule has 0 bridgehead atoms. The summed E-state index contributed by atoms with van der Waals surface area (Å²) in [6.07, 6.45) is 0. The number of hydrogen-bond acceptors (Lipinski definition) is 4. The highest BCUT2D eigenvalue weighted by Crippen LogP contribution is 2.28. The van der Waals surface area contributed by atoms with Gasteiger partial charge in [-0.2, -0.15) is 0 Å². The molecule has 0 aliphatic carbocycles. The van der Waals surface area contributed by atoms with Crippen LogP contribution in [0.1, 0.15) is 6.92 Å². The monoisotopic (exact) mass is 356 g/mol. The van der Waals surface area contributed by atoms with Crippen LogP contribution in [0.3, 0.4) is 0 Å². The van der Waals surface area contributed by atoms with Crippen molar-refractivity contribution < 1.29 is 14.1 Å². The van der Waals surface area contributed by atoms with E-state index in [0.717, 1.165) is 22.6 Å². The van der Waals surface area contributed by atoms with E-state index in [2.05, 4.69) is 10.5 Å². The number of aromatic nitrogens is 1. The van der Waals surface area contributed by atoms with Crippen LogP contribution < -0.4 is 10.1 Å². The van der Waals surface area contributed by atoms with Crippen LogP contribution >= 0.6 is 11.6 Å². The number of amides is 1. The van der Waals surface area contributed by atoms with E-state index in [1.807, 2.05) is 55.5 Å². The molecule has 6 heteroatoms. The van der Waals surface area contributed by atoms with Crippen molar-refractivity contribution in [1.29, 1.82) is 0 Å². The van der Waals surface area contributed by atoms with E-state index in [0.29, 0.717) is 18.1 Å². The van der Waals surface area contributed by atoms with Gasteiger partial charge in [0.05, 0.1) is 6.61 Å². The van der Waals surface area contributed by atoms with Gasteiger partial charge in [0.2, 0.25) is 5.91 Å². The number of rotatable bonds is 6. The molecule has 3 rings (SSSR count). The van der Waals surface area contributed by atoms with Gasteiger partial charge in [0.25, 0.3) is 0 Å². The number of benzene rings is 2. The third-order valence-corrected chi connectivity index (χ3v) is 3.77. The summed E-state index contributed by atoms with van der Waals surface area (Å²) < 4.78 is 10.9. The van der Waals surface area contributed by atoms with Crippen LogP contribution in [0.25, 0.3) is 22.6 Å². The Labute approximate surface area is 150 Å². The highest BCUT2D eigenvalue weighted by molar-refractivity contribution is 6.29. The Bertz CT molecular complexity index is 859. The summed E-state index contributed by atoms with van der Waals surface area (Å²) in [7, 11) is 0. The predicted molar refractivity (Wildman–Crippen MR) is 97.9 cm³/mol. The van der Waals surface area contributed by atoms with Crippen LogP contribution in [0.5, 0.6) is 5.75 Å². The molecule has 0 radical (unpaired) electrons. The molecule has 1 N–H and O–H groups in total. The van der Waals surface area contributed by atoms with Crippen molar-refractivity contribution >= 4 is 23.2 Å². The van der Waals surface area contributed by atoms with Crippen molar-refractivity contribution in [3.63, 3.8) is 0 Å². The fourth-order valence-corrected chi connectivity index (χ4v) is 2.45. The number of hydrogen-bond donors (Lipinski definition) is 1. The molecule has 0 unspecified atom stereocenters. The Morgan fingerprint density at radius 1 is 1.16 bits per heavy atom. The summed E-state index contributed by atoms with van der Waals surface area (Å²) in [5.74, 6) is 1.09. The van der Waals surface area contributed by atoms with Crippen LogP contribution in [0.4, 0.5) is 5.69 Å². The summed E-state index contributed by atoms with van der Waals surface area (Å²) in [6.45, 7) is 2.57. The Hall–Kier alpha value is -2.79. The molecule has 2 aromatic carbocycles. The van der Waals surface area contributed by atoms with Gasteiger partial charge < -0.3 is 14.6 Å². The Balaban J connectivity index is 1.81. The standard InChI is InChI=1S/C19H17ClN2O3/c1-2-24-16-8-6-13(7-9-16)17-11-18(25-22-17)14-4-3-5-15(10-14)21-19(23)12-20/h3-11H,2,12H2,1H3,(H,21,23). The second-order valence-electron chi connectivity index (χ2n) is 5.30. The molecule has 0 saturated heterocycles. The minimum atomic E-state index is -0.258. The van der Waals surface area contributed by atoms with Crippen molar-refractivity contribution in [3.05, 3.63) is 54.6 Å². The first-order valence-electron chi connectivity index (χ1n) is 7.86. The van der Waals surface area contributed by atoms with E-state index in [1.54, 1.807) is 6.07 Å². The van der Waals surface area contributed by atoms with Crippen molar-refractivity contribution in [2.45, 2.75) is 6.92 Å². The fraction of sp³-hybridized carbons (Fsp3) is 0.158. The van der Waals surface area contributed by atoms with Gasteiger partial charge in [0, 0.05) is 22.9 Å². The van der Waals surface area contributed by atoms with E-state index >= 15 is 0 Å². The summed E-state index contributed by atoms with van der Waals surface area (Å²) in [6, 6.07) is 16.8. The van der Waals surface area contributed by atoms with Gasteiger partial charge in [-0.05, 0) is 43.3 Å². The van der Waals surface area contributed by atoms with Crippen molar-refractivity contribution in [3.8, 4) is 28.3 Å². The molecule has 0 aliphatic heterocycles. The van der Waals surface area contributed by atoms with Gasteiger partial charge in [-0.15, -0.1) is 11.6 Å². The molecule has 0 aliphatic rings. The van der Waals surface area contributed by atoms with Crippen molar-refractivity contribution in [2.75, 3.05) is 17.8 Å². The molecular formula is C19H17ClN2O3. The number of nitrogens with zero attached hydrogens (tertiary/aromatic N) is 1. The van der Waals surface area contributed by atoms with Crippen LogP contribution in [0.15, 0.2) is 59.1 Å². The minimum absolute atomic E-state index is 0.0889. The molecule has 1 aromatic heterocycles. The number of carbonyl (C=O) groups is 1. The molecule has 3 aromatic rings. The summed E-state index contributed by atoms with van der Waals surface area (Å²) in [5, 5.41) is 6.83. The van der Waals surface area contributed by atoms with Gasteiger partial charge in [-0.3, -0.25) is 4.79 Å². The van der Waals surface area contributed by atoms with Crippen LogP contribution in [-0.2, 0) is 4.79 Å². The molecule has 25 heavy (non-hydrogen) atoms. The number of ether oxygens (including phenoxy) is 1. The maximum absolute atomic E-state index is 11.4. The van der Waals surface area contributed by atoms with E-state index in [-0.39, 0.29) is 11.8 Å². The van der Waals surface area contributed by atoms with Gasteiger partial charge in [-0.1, -0.05) is 17.3 Å². The van der Waals surface area contributed by atoms with Crippen molar-refractivity contribution in [2.24, 2.45) is 0 Å². The number of anilines is 1. The summed E-state index contributed by atoms with van der Waals surface area (Å²) in [5.41, 5.74) is 3.14. The number of nitrogens with one attached hydrogen (secondary N) is 1. The normalized spacial score (nSPS) is 10.5. The van der Waals surface area contributed by atoms with E-state index < -0.39 is 0 Å². The maximum atomic E-state index is 11.4. The summed E-state index contributed by atoms with van der Waals surface area (Å²) in [4.78, 5) is 11.4. The molecule has 0 saturated carbocycles. The number of alkyl halides is 1. The van der Waals surface area contributed by atoms with Crippen LogP contribution in [-0.4, -0.2) is 23.6 Å². The van der Waals surface area contributed by atoms with Gasteiger partial charge >= 0.3 is 0 Å². The zero-order chi connectivity index (χ0) is 17.6. The first-order valence-corrected chi connectivity index (χ1v) is 8.39. The Morgan fingerprint density at radius 2 is 1.96 bits per heavy atom. The highest BCUT2D eigenvalue weighted by Gasteiger charge is 2.10. The zero-order valence-corrected chi connectivity index (χ0v) is 14.4. The number of carbonyl (C=O) groups excluding carboxylic acids is 1. The van der Waals surface area contributed by atoms with Gasteiger partial charge in [0.1, 0.15) is 17.3 Å². The Kier molecular flexibility index (Phi) is 5.36. The topological polar surface area (TPSA) is 64.4 Å². The lowest BCUT2D eigenvalue weighted by Crippen LogP contribution is -2.12. The second-order valence-corrected chi connectivity index (χ2v) is 5.56. The number of halogens is 1. The highest BCUT2D eigenvalue weighted by atomic mass is 35.5. The molecule has 5 nitrogen and oxygen atoms in total. The second kappa shape index (κ2) is 7.85.